The number of nitrogens with two attached hydrogens (primary N) is 2. The van der Waals surface area contributed by atoms with Gasteiger partial charge in [-0.3, -0.25) is 10.6 Å². The van der Waals surface area contributed by atoms with Gasteiger partial charge >= 0.3 is 5.97 Å². The monoisotopic (exact) mass is 148 g/mol. The molecule has 0 aromatic rings. The molecule has 0 aromatic heterocycles. The van der Waals surface area contributed by atoms with Crippen molar-refractivity contribution in [3.63, 3.8) is 0 Å². The van der Waals surface area contributed by atoms with Crippen LogP contribution >= 0.6 is 0 Å². The zero-order chi connectivity index (χ0) is 7.98. The van der Waals surface area contributed by atoms with Crippen LogP contribution in [0.5, 0.6) is 0 Å². The molecule has 0 saturated carbocycles. The Morgan fingerprint density at radius 2 is 2.30 bits per heavy atom. The smallest absolute Gasteiger partial charge is 0.304 e. The van der Waals surface area contributed by atoms with E-state index >= 15 is 0 Å². The number of nitrogens with zero attached hydrogens (tertiary/aromatic N) is 1. The molecule has 0 aliphatic heterocycles. The molecule has 6 heteroatoms. The minimum Gasteiger partial charge on any atom is -0.481 e. The Balaban J connectivity index is 3.34. The van der Waals surface area contributed by atoms with E-state index < -0.39 is 5.97 Å². The molecule has 10 heavy (non-hydrogen) atoms. The topological polar surface area (TPSA) is 105 Å². The number of hydrogen-bond donors (Lipinski definition) is 4. The van der Waals surface area contributed by atoms with Gasteiger partial charge in [0.05, 0.1) is 13.1 Å². The van der Waals surface area contributed by atoms with Crippen molar-refractivity contribution >= 4 is 5.97 Å². The second-order valence-corrected chi connectivity index (χ2v) is 1.72. The molecule has 0 rings (SSSR count). The number of hydrogen-bond acceptors (Lipinski definition) is 5. The van der Waals surface area contributed by atoms with Crippen molar-refractivity contribution < 1.29 is 9.90 Å². The molecule has 0 amide bonds. The molecule has 60 valence electrons. The molecular weight excluding hydrogens is 136 g/mol. The van der Waals surface area contributed by atoms with Crippen LogP contribution in [0.4, 0.5) is 0 Å². The average Bonchev–Trinajstić information content (AvgIpc) is 1.90. The summed E-state index contributed by atoms with van der Waals surface area (Å²) in [4.78, 5) is 10.00. The molecular formula is C4H12N4O2. The SMILES string of the molecule is NCN(CCC(=O)O)NN. The Morgan fingerprint density at radius 3 is 2.60 bits per heavy atom. The van der Waals surface area contributed by atoms with E-state index in [-0.39, 0.29) is 13.1 Å². The van der Waals surface area contributed by atoms with E-state index in [0.29, 0.717) is 6.54 Å². The average molecular weight is 148 g/mol. The zero-order valence-electron chi connectivity index (χ0n) is 5.58. The molecule has 0 fully saturated rings. The van der Waals surface area contributed by atoms with Crippen molar-refractivity contribution in [3.8, 4) is 0 Å². The highest BCUT2D eigenvalue weighted by Crippen LogP contribution is 1.82. The fourth-order valence-corrected chi connectivity index (χ4v) is 0.439. The minimum absolute atomic E-state index is 0.0292. The fraction of sp³-hybridized carbons (Fsp3) is 0.750. The Morgan fingerprint density at radius 1 is 1.70 bits per heavy atom. The van der Waals surface area contributed by atoms with Crippen LogP contribution in [-0.4, -0.2) is 29.3 Å². The molecule has 0 unspecified atom stereocenters. The van der Waals surface area contributed by atoms with Crippen LogP contribution < -0.4 is 17.1 Å². The van der Waals surface area contributed by atoms with Crippen LogP contribution in [-0.2, 0) is 4.79 Å². The molecule has 0 bridgehead atoms. The predicted octanol–water partition coefficient (Wildman–Crippen LogP) is -1.94. The van der Waals surface area contributed by atoms with Gasteiger partial charge in [0.25, 0.3) is 0 Å². The molecule has 0 atom stereocenters. The van der Waals surface area contributed by atoms with Crippen molar-refractivity contribution in [2.75, 3.05) is 13.2 Å². The normalized spacial score (nSPS) is 10.3. The fourth-order valence-electron chi connectivity index (χ4n) is 0.439. The summed E-state index contributed by atoms with van der Waals surface area (Å²) < 4.78 is 0. The molecule has 0 aliphatic rings. The van der Waals surface area contributed by atoms with Gasteiger partial charge in [0.2, 0.25) is 0 Å². The molecule has 0 spiro atoms. The predicted molar refractivity (Wildman–Crippen MR) is 35.3 cm³/mol. The van der Waals surface area contributed by atoms with Crippen molar-refractivity contribution in [1.82, 2.24) is 10.5 Å². The van der Waals surface area contributed by atoms with E-state index in [1.165, 1.54) is 5.01 Å². The lowest BCUT2D eigenvalue weighted by Gasteiger charge is -2.15. The van der Waals surface area contributed by atoms with Crippen LogP contribution in [0.25, 0.3) is 0 Å². The maximum Gasteiger partial charge on any atom is 0.304 e. The van der Waals surface area contributed by atoms with Crippen LogP contribution in [0.15, 0.2) is 0 Å². The summed E-state index contributed by atoms with van der Waals surface area (Å²) >= 11 is 0. The number of nitrogens with one attached hydrogen (secondary N) is 1. The minimum atomic E-state index is -0.867. The standard InChI is InChI=1S/C4H12N4O2/c5-3-8(7-6)2-1-4(9)10/h7H,1-3,5-6H2,(H,9,10). The molecule has 0 aliphatic carbocycles. The summed E-state index contributed by atoms with van der Waals surface area (Å²) in [6, 6.07) is 0. The first-order chi connectivity index (χ1) is 4.70. The highest BCUT2D eigenvalue weighted by Gasteiger charge is 2.01. The second kappa shape index (κ2) is 5.12. The van der Waals surface area contributed by atoms with Crippen LogP contribution in [0.2, 0.25) is 0 Å². The third kappa shape index (κ3) is 4.21. The lowest BCUT2D eigenvalue weighted by molar-refractivity contribution is -0.137. The number of carboxylic acids is 1. The third-order valence-electron chi connectivity index (χ3n) is 0.999. The Labute approximate surface area is 58.7 Å². The lowest BCUT2D eigenvalue weighted by atomic mass is 10.4. The van der Waals surface area contributed by atoms with Crippen LogP contribution in [0.1, 0.15) is 6.42 Å². The maximum atomic E-state index is 10.00. The highest BCUT2D eigenvalue weighted by atomic mass is 16.4. The van der Waals surface area contributed by atoms with E-state index in [1.807, 2.05) is 0 Å². The first-order valence-electron chi connectivity index (χ1n) is 2.83. The van der Waals surface area contributed by atoms with Crippen molar-refractivity contribution in [1.29, 1.82) is 0 Å². The summed E-state index contributed by atoms with van der Waals surface area (Å²) in [5.74, 6) is 4.11. The summed E-state index contributed by atoms with van der Waals surface area (Å²) in [6.07, 6.45) is 0.0292. The zero-order valence-corrected chi connectivity index (χ0v) is 5.58. The first-order valence-corrected chi connectivity index (χ1v) is 2.83. The van der Waals surface area contributed by atoms with Gasteiger partial charge in [-0.25, -0.2) is 5.01 Å². The highest BCUT2D eigenvalue weighted by molar-refractivity contribution is 5.66. The number of carbonyl (C=O) groups is 1. The molecule has 0 radical (unpaired) electrons. The quantitative estimate of drug-likeness (QED) is 0.205. The summed E-state index contributed by atoms with van der Waals surface area (Å²) in [5, 5.41) is 9.61. The van der Waals surface area contributed by atoms with Crippen molar-refractivity contribution in [3.05, 3.63) is 0 Å². The van der Waals surface area contributed by atoms with Gasteiger partial charge in [-0.2, -0.15) is 5.53 Å². The van der Waals surface area contributed by atoms with Gasteiger partial charge in [0, 0.05) is 6.54 Å². The second-order valence-electron chi connectivity index (χ2n) is 1.72. The Kier molecular flexibility index (Phi) is 4.77. The van der Waals surface area contributed by atoms with Crippen molar-refractivity contribution in [2.24, 2.45) is 11.6 Å². The molecule has 6 nitrogen and oxygen atoms in total. The Hall–Kier alpha value is -0.690. The number of rotatable bonds is 5. The molecule has 0 heterocycles. The molecule has 6 N–H and O–H groups in total. The first kappa shape index (κ1) is 9.31. The van der Waals surface area contributed by atoms with Crippen molar-refractivity contribution in [2.45, 2.75) is 6.42 Å². The molecule has 0 saturated heterocycles. The van der Waals surface area contributed by atoms with E-state index in [4.69, 9.17) is 16.7 Å². The van der Waals surface area contributed by atoms with E-state index in [0.717, 1.165) is 0 Å². The summed E-state index contributed by atoms with van der Waals surface area (Å²) in [5.41, 5.74) is 7.41. The lowest BCUT2D eigenvalue weighted by Crippen LogP contribution is -2.46. The van der Waals surface area contributed by atoms with Gasteiger partial charge in [0.15, 0.2) is 0 Å². The molecule has 0 aromatic carbocycles. The van der Waals surface area contributed by atoms with Gasteiger partial charge in [0.1, 0.15) is 0 Å². The number of hydrazine groups is 2. The Bertz CT molecular complexity index is 103. The van der Waals surface area contributed by atoms with Crippen LogP contribution in [0, 0.1) is 0 Å². The number of aliphatic carboxylic acids is 1. The summed E-state index contributed by atoms with van der Waals surface area (Å²) in [6.45, 7) is 0.506. The van der Waals surface area contributed by atoms with Gasteiger partial charge in [-0.1, -0.05) is 0 Å². The van der Waals surface area contributed by atoms with E-state index in [9.17, 15) is 4.79 Å². The van der Waals surface area contributed by atoms with Gasteiger partial charge < -0.3 is 10.8 Å². The number of carboxylic acid groups (broad SMARTS) is 1. The largest absolute Gasteiger partial charge is 0.481 e. The maximum absolute atomic E-state index is 10.00. The van der Waals surface area contributed by atoms with E-state index in [2.05, 4.69) is 5.53 Å². The third-order valence-corrected chi connectivity index (χ3v) is 0.999. The van der Waals surface area contributed by atoms with E-state index in [1.54, 1.807) is 0 Å². The van der Waals surface area contributed by atoms with Gasteiger partial charge in [-0.15, -0.1) is 0 Å². The summed E-state index contributed by atoms with van der Waals surface area (Å²) in [7, 11) is 0. The van der Waals surface area contributed by atoms with Gasteiger partial charge in [-0.05, 0) is 0 Å². The van der Waals surface area contributed by atoms with Crippen LogP contribution in [0.3, 0.4) is 0 Å².